The number of hydrogen-bond acceptors (Lipinski definition) is 3. The van der Waals surface area contributed by atoms with Gasteiger partial charge in [0.2, 0.25) is 5.91 Å². The maximum atomic E-state index is 12.0. The number of aryl methyl sites for hydroxylation is 1. The first kappa shape index (κ1) is 15.5. The predicted octanol–water partition coefficient (Wildman–Crippen LogP) is 2.16. The van der Waals surface area contributed by atoms with E-state index in [1.165, 1.54) is 0 Å². The van der Waals surface area contributed by atoms with E-state index in [1.807, 2.05) is 18.2 Å². The summed E-state index contributed by atoms with van der Waals surface area (Å²) >= 11 is 0. The number of hydrogen-bond donors (Lipinski definition) is 2. The van der Waals surface area contributed by atoms with Gasteiger partial charge >= 0.3 is 5.97 Å². The third kappa shape index (κ3) is 4.85. The molecule has 0 bridgehead atoms. The normalized spacial score (nSPS) is 17.1. The molecule has 1 atom stereocenters. The fraction of sp³-hybridized carbons (Fsp3) is 0.562. The van der Waals surface area contributed by atoms with Gasteiger partial charge in [-0.05, 0) is 37.3 Å². The number of carboxylic acids is 1. The van der Waals surface area contributed by atoms with E-state index in [2.05, 4.69) is 10.3 Å². The van der Waals surface area contributed by atoms with E-state index < -0.39 is 12.0 Å². The van der Waals surface area contributed by atoms with Gasteiger partial charge in [0, 0.05) is 18.3 Å². The second-order valence-corrected chi connectivity index (χ2v) is 5.60. The molecule has 5 heteroatoms. The summed E-state index contributed by atoms with van der Waals surface area (Å²) in [5.74, 6) is -1.07. The van der Waals surface area contributed by atoms with E-state index in [0.29, 0.717) is 6.42 Å². The van der Waals surface area contributed by atoms with Crippen molar-refractivity contribution in [1.29, 1.82) is 0 Å². The molecule has 0 spiro atoms. The first-order valence-electron chi connectivity index (χ1n) is 7.59. The van der Waals surface area contributed by atoms with Gasteiger partial charge in [-0.2, -0.15) is 0 Å². The van der Waals surface area contributed by atoms with Crippen molar-refractivity contribution in [2.24, 2.45) is 5.92 Å². The summed E-state index contributed by atoms with van der Waals surface area (Å²) in [5.41, 5.74) is 0.845. The standard InChI is InChI=1S/C16H22N2O3/c19-14(10-9-13-8-4-5-11-17-13)18-15(16(20)21)12-6-2-1-3-7-12/h4-5,8,11-12,15H,1-3,6-7,9-10H2,(H,18,19)(H,20,21). The van der Waals surface area contributed by atoms with Crippen LogP contribution >= 0.6 is 0 Å². The largest absolute Gasteiger partial charge is 0.480 e. The van der Waals surface area contributed by atoms with Crippen molar-refractivity contribution >= 4 is 11.9 Å². The molecule has 1 aliphatic carbocycles. The number of nitrogens with zero attached hydrogens (tertiary/aromatic N) is 1. The Kier molecular flexibility index (Phi) is 5.72. The van der Waals surface area contributed by atoms with E-state index in [-0.39, 0.29) is 18.2 Å². The van der Waals surface area contributed by atoms with E-state index in [4.69, 9.17) is 0 Å². The van der Waals surface area contributed by atoms with Crippen LogP contribution in [0.2, 0.25) is 0 Å². The number of carbonyl (C=O) groups is 2. The summed E-state index contributed by atoms with van der Waals surface area (Å²) < 4.78 is 0. The van der Waals surface area contributed by atoms with Crippen molar-refractivity contribution in [2.75, 3.05) is 0 Å². The number of aliphatic carboxylic acids is 1. The SMILES string of the molecule is O=C(CCc1ccccn1)NC(C(=O)O)C1CCCCC1. The molecule has 5 nitrogen and oxygen atoms in total. The Morgan fingerprint density at radius 3 is 2.67 bits per heavy atom. The molecule has 0 aromatic carbocycles. The molecule has 1 fully saturated rings. The number of nitrogens with one attached hydrogen (secondary N) is 1. The third-order valence-electron chi connectivity index (χ3n) is 4.04. The van der Waals surface area contributed by atoms with Gasteiger partial charge in [0.1, 0.15) is 6.04 Å². The number of carboxylic acid groups (broad SMARTS) is 1. The minimum Gasteiger partial charge on any atom is -0.480 e. The molecule has 2 N–H and O–H groups in total. The molecule has 0 radical (unpaired) electrons. The number of amides is 1. The van der Waals surface area contributed by atoms with Gasteiger partial charge in [-0.1, -0.05) is 25.3 Å². The molecular formula is C16H22N2O3. The van der Waals surface area contributed by atoms with Crippen LogP contribution in [0.1, 0.15) is 44.2 Å². The maximum absolute atomic E-state index is 12.0. The van der Waals surface area contributed by atoms with Gasteiger partial charge in [-0.3, -0.25) is 9.78 Å². The molecule has 1 heterocycles. The molecular weight excluding hydrogens is 268 g/mol. The minimum atomic E-state index is -0.923. The Morgan fingerprint density at radius 1 is 1.29 bits per heavy atom. The predicted molar refractivity (Wildman–Crippen MR) is 78.7 cm³/mol. The molecule has 2 rings (SSSR count). The summed E-state index contributed by atoms with van der Waals surface area (Å²) in [6, 6.07) is 4.82. The highest BCUT2D eigenvalue weighted by Crippen LogP contribution is 2.26. The van der Waals surface area contributed by atoms with Crippen molar-refractivity contribution in [1.82, 2.24) is 10.3 Å². The van der Waals surface area contributed by atoms with Crippen LogP contribution in [0.5, 0.6) is 0 Å². The van der Waals surface area contributed by atoms with Crippen LogP contribution in [-0.2, 0) is 16.0 Å². The van der Waals surface area contributed by atoms with Crippen LogP contribution in [-0.4, -0.2) is 28.0 Å². The highest BCUT2D eigenvalue weighted by Gasteiger charge is 2.30. The Hall–Kier alpha value is -1.91. The van der Waals surface area contributed by atoms with Crippen LogP contribution in [0, 0.1) is 5.92 Å². The van der Waals surface area contributed by atoms with Gasteiger partial charge in [0.25, 0.3) is 0 Å². The quantitative estimate of drug-likeness (QED) is 0.841. The van der Waals surface area contributed by atoms with Crippen LogP contribution < -0.4 is 5.32 Å². The molecule has 1 aliphatic rings. The molecule has 1 unspecified atom stereocenters. The monoisotopic (exact) mass is 290 g/mol. The fourth-order valence-corrected chi connectivity index (χ4v) is 2.88. The Labute approximate surface area is 124 Å². The van der Waals surface area contributed by atoms with E-state index in [1.54, 1.807) is 6.20 Å². The summed E-state index contributed by atoms with van der Waals surface area (Å²) in [4.78, 5) is 27.5. The molecule has 0 aliphatic heterocycles. The number of pyridine rings is 1. The highest BCUT2D eigenvalue weighted by molar-refractivity contribution is 5.83. The zero-order chi connectivity index (χ0) is 15.1. The molecule has 114 valence electrons. The Morgan fingerprint density at radius 2 is 2.05 bits per heavy atom. The average molecular weight is 290 g/mol. The van der Waals surface area contributed by atoms with E-state index in [0.717, 1.165) is 37.8 Å². The smallest absolute Gasteiger partial charge is 0.326 e. The zero-order valence-corrected chi connectivity index (χ0v) is 12.1. The second-order valence-electron chi connectivity index (χ2n) is 5.60. The van der Waals surface area contributed by atoms with E-state index in [9.17, 15) is 14.7 Å². The zero-order valence-electron chi connectivity index (χ0n) is 12.1. The summed E-state index contributed by atoms with van der Waals surface area (Å²) in [7, 11) is 0. The summed E-state index contributed by atoms with van der Waals surface area (Å²) in [6.45, 7) is 0. The van der Waals surface area contributed by atoms with Crippen molar-refractivity contribution in [3.63, 3.8) is 0 Å². The molecule has 0 saturated heterocycles. The molecule has 1 amide bonds. The maximum Gasteiger partial charge on any atom is 0.326 e. The molecule has 21 heavy (non-hydrogen) atoms. The lowest BCUT2D eigenvalue weighted by atomic mass is 9.84. The van der Waals surface area contributed by atoms with Crippen molar-refractivity contribution in [3.8, 4) is 0 Å². The Bertz CT molecular complexity index is 470. The first-order valence-corrected chi connectivity index (χ1v) is 7.59. The summed E-state index contributed by atoms with van der Waals surface area (Å²) in [5, 5.41) is 12.0. The van der Waals surface area contributed by atoms with Gasteiger partial charge < -0.3 is 10.4 Å². The highest BCUT2D eigenvalue weighted by atomic mass is 16.4. The van der Waals surface area contributed by atoms with Gasteiger partial charge in [-0.25, -0.2) is 4.79 Å². The van der Waals surface area contributed by atoms with Gasteiger partial charge in [0.15, 0.2) is 0 Å². The van der Waals surface area contributed by atoms with Crippen LogP contribution in [0.15, 0.2) is 24.4 Å². The average Bonchev–Trinajstić information content (AvgIpc) is 2.52. The van der Waals surface area contributed by atoms with Crippen LogP contribution in [0.25, 0.3) is 0 Å². The lowest BCUT2D eigenvalue weighted by Gasteiger charge is -2.28. The van der Waals surface area contributed by atoms with Crippen molar-refractivity contribution in [3.05, 3.63) is 30.1 Å². The van der Waals surface area contributed by atoms with Gasteiger partial charge in [-0.15, -0.1) is 0 Å². The Balaban J connectivity index is 1.84. The van der Waals surface area contributed by atoms with E-state index >= 15 is 0 Å². The van der Waals surface area contributed by atoms with Gasteiger partial charge in [0.05, 0.1) is 0 Å². The lowest BCUT2D eigenvalue weighted by molar-refractivity contribution is -0.143. The third-order valence-corrected chi connectivity index (χ3v) is 4.04. The lowest BCUT2D eigenvalue weighted by Crippen LogP contribution is -2.46. The fourth-order valence-electron chi connectivity index (χ4n) is 2.88. The minimum absolute atomic E-state index is 0.0649. The number of carbonyl (C=O) groups excluding carboxylic acids is 1. The topological polar surface area (TPSA) is 79.3 Å². The first-order chi connectivity index (χ1) is 10.2. The summed E-state index contributed by atoms with van der Waals surface area (Å²) in [6.07, 6.45) is 7.54. The molecule has 1 aromatic heterocycles. The second kappa shape index (κ2) is 7.76. The number of rotatable bonds is 6. The molecule has 1 saturated carbocycles. The van der Waals surface area contributed by atoms with Crippen molar-refractivity contribution in [2.45, 2.75) is 51.0 Å². The molecule has 1 aromatic rings. The number of aromatic nitrogens is 1. The van der Waals surface area contributed by atoms with Crippen LogP contribution in [0.4, 0.5) is 0 Å². The van der Waals surface area contributed by atoms with Crippen molar-refractivity contribution < 1.29 is 14.7 Å². The van der Waals surface area contributed by atoms with Crippen LogP contribution in [0.3, 0.4) is 0 Å².